The van der Waals surface area contributed by atoms with Gasteiger partial charge in [0.15, 0.2) is 0 Å². The number of methoxy groups -OCH3 is 1. The van der Waals surface area contributed by atoms with Crippen molar-refractivity contribution in [2.75, 3.05) is 26.5 Å². The van der Waals surface area contributed by atoms with E-state index in [0.29, 0.717) is 25.9 Å². The van der Waals surface area contributed by atoms with Crippen LogP contribution in [0.4, 0.5) is 0 Å². The molecule has 7 nitrogen and oxygen atoms in total. The Labute approximate surface area is 183 Å². The van der Waals surface area contributed by atoms with Crippen LogP contribution >= 0.6 is 0 Å². The molecule has 3 aliphatic rings. The first-order valence-electron chi connectivity index (χ1n) is 10.5. The summed E-state index contributed by atoms with van der Waals surface area (Å²) < 4.78 is 37.5. The minimum Gasteiger partial charge on any atom is -0.497 e. The number of aryl methyl sites for hydroxylation is 1. The molecule has 3 aliphatic heterocycles. The number of benzene rings is 2. The molecule has 0 aromatic heterocycles. The van der Waals surface area contributed by atoms with Gasteiger partial charge in [-0.1, -0.05) is 17.7 Å². The highest BCUT2D eigenvalue weighted by Gasteiger charge is 2.52. The molecule has 3 heterocycles. The first-order valence-corrected chi connectivity index (χ1v) is 12.4. The third-order valence-corrected chi connectivity index (χ3v) is 7.85. The summed E-state index contributed by atoms with van der Waals surface area (Å²) in [6.07, 6.45) is 3.19. The first-order chi connectivity index (χ1) is 14.8. The highest BCUT2D eigenvalue weighted by molar-refractivity contribution is 7.88. The summed E-state index contributed by atoms with van der Waals surface area (Å²) in [7, 11) is -1.56. The van der Waals surface area contributed by atoms with E-state index in [-0.39, 0.29) is 6.04 Å². The molecule has 0 unspecified atom stereocenters. The lowest BCUT2D eigenvalue weighted by atomic mass is 9.90. The number of hydrazone groups is 1. The Morgan fingerprint density at radius 3 is 2.48 bits per heavy atom. The smallest absolute Gasteiger partial charge is 0.211 e. The molecule has 1 saturated heterocycles. The summed E-state index contributed by atoms with van der Waals surface area (Å²) in [6, 6.07) is 14.3. The summed E-state index contributed by atoms with van der Waals surface area (Å²) >= 11 is 0. The Morgan fingerprint density at radius 1 is 1.13 bits per heavy atom. The van der Waals surface area contributed by atoms with E-state index in [4.69, 9.17) is 14.6 Å². The number of hydrogen-bond donors (Lipinski definition) is 0. The quantitative estimate of drug-likeness (QED) is 0.731. The van der Waals surface area contributed by atoms with Crippen molar-refractivity contribution in [3.05, 3.63) is 59.2 Å². The van der Waals surface area contributed by atoms with E-state index < -0.39 is 15.7 Å². The molecule has 0 N–H and O–H groups in total. The van der Waals surface area contributed by atoms with Gasteiger partial charge in [-0.2, -0.15) is 5.10 Å². The standard InChI is InChI=1S/C23H27N3O4S/c1-16-4-9-22-19(14-16)21-15-20(17-5-7-18(29-2)8-6-17)24-26(21)23(30-22)10-12-25(13-11-23)31(3,27)28/h4-9,14,21H,10-13,15H2,1-3H3/t21-/m0/s1. The predicted molar refractivity (Wildman–Crippen MR) is 119 cm³/mol. The minimum atomic E-state index is -3.22. The van der Waals surface area contributed by atoms with Crippen molar-refractivity contribution in [1.29, 1.82) is 0 Å². The Balaban J connectivity index is 1.53. The molecule has 1 fully saturated rings. The van der Waals surface area contributed by atoms with E-state index in [1.807, 2.05) is 30.3 Å². The maximum atomic E-state index is 12.0. The van der Waals surface area contributed by atoms with Crippen LogP contribution < -0.4 is 9.47 Å². The molecule has 5 rings (SSSR count). The molecule has 164 valence electrons. The molecule has 1 atom stereocenters. The summed E-state index contributed by atoms with van der Waals surface area (Å²) in [5.41, 5.74) is 3.76. The van der Waals surface area contributed by atoms with Crippen LogP contribution in [0.5, 0.6) is 11.5 Å². The molecule has 0 radical (unpaired) electrons. The molecule has 0 saturated carbocycles. The van der Waals surface area contributed by atoms with Crippen molar-refractivity contribution in [1.82, 2.24) is 9.31 Å². The van der Waals surface area contributed by atoms with E-state index in [1.54, 1.807) is 7.11 Å². The summed E-state index contributed by atoms with van der Waals surface area (Å²) in [6.45, 7) is 2.94. The lowest BCUT2D eigenvalue weighted by Gasteiger charge is -2.50. The van der Waals surface area contributed by atoms with Crippen LogP contribution in [0.25, 0.3) is 0 Å². The van der Waals surface area contributed by atoms with Crippen molar-refractivity contribution in [2.24, 2.45) is 5.10 Å². The second kappa shape index (κ2) is 7.24. The highest BCUT2D eigenvalue weighted by Crippen LogP contribution is 2.50. The second-order valence-electron chi connectivity index (χ2n) is 8.59. The highest BCUT2D eigenvalue weighted by atomic mass is 32.2. The van der Waals surface area contributed by atoms with Crippen molar-refractivity contribution in [3.63, 3.8) is 0 Å². The zero-order valence-electron chi connectivity index (χ0n) is 18.0. The maximum Gasteiger partial charge on any atom is 0.211 e. The van der Waals surface area contributed by atoms with Crippen LogP contribution in [-0.2, 0) is 10.0 Å². The fourth-order valence-corrected chi connectivity index (χ4v) is 5.70. The Kier molecular flexibility index (Phi) is 4.75. The molecule has 0 amide bonds. The van der Waals surface area contributed by atoms with Crippen LogP contribution in [0, 0.1) is 6.92 Å². The van der Waals surface area contributed by atoms with Gasteiger partial charge in [-0.25, -0.2) is 17.7 Å². The first kappa shape index (κ1) is 20.3. The molecule has 0 aliphatic carbocycles. The van der Waals surface area contributed by atoms with Gasteiger partial charge in [-0.15, -0.1) is 0 Å². The van der Waals surface area contributed by atoms with Crippen molar-refractivity contribution < 1.29 is 17.9 Å². The number of hydrogen-bond acceptors (Lipinski definition) is 6. The average Bonchev–Trinajstić information content (AvgIpc) is 3.21. The van der Waals surface area contributed by atoms with E-state index in [0.717, 1.165) is 34.8 Å². The molecule has 2 aromatic rings. The van der Waals surface area contributed by atoms with Crippen LogP contribution in [0.3, 0.4) is 0 Å². The summed E-state index contributed by atoms with van der Waals surface area (Å²) in [4.78, 5) is 0. The Bertz CT molecular complexity index is 1140. The Hall–Kier alpha value is -2.58. The van der Waals surface area contributed by atoms with Gasteiger partial charge in [0, 0.05) is 37.9 Å². The third-order valence-electron chi connectivity index (χ3n) is 6.55. The molecular weight excluding hydrogens is 414 g/mol. The van der Waals surface area contributed by atoms with E-state index >= 15 is 0 Å². The van der Waals surface area contributed by atoms with Crippen molar-refractivity contribution in [3.8, 4) is 11.5 Å². The second-order valence-corrected chi connectivity index (χ2v) is 10.6. The van der Waals surface area contributed by atoms with Gasteiger partial charge in [-0.05, 0) is 42.8 Å². The van der Waals surface area contributed by atoms with Gasteiger partial charge < -0.3 is 9.47 Å². The lowest BCUT2D eigenvalue weighted by molar-refractivity contribution is -0.143. The minimum absolute atomic E-state index is 0.0746. The van der Waals surface area contributed by atoms with Crippen LogP contribution in [0.2, 0.25) is 0 Å². The normalized spacial score (nSPS) is 22.5. The predicted octanol–water partition coefficient (Wildman–Crippen LogP) is 3.30. The van der Waals surface area contributed by atoms with Crippen molar-refractivity contribution >= 4 is 15.7 Å². The Morgan fingerprint density at radius 2 is 1.84 bits per heavy atom. The number of rotatable bonds is 3. The van der Waals surface area contributed by atoms with Gasteiger partial charge in [0.1, 0.15) is 11.5 Å². The molecule has 8 heteroatoms. The van der Waals surface area contributed by atoms with Crippen LogP contribution in [0.1, 0.15) is 42.0 Å². The van der Waals surface area contributed by atoms with E-state index in [2.05, 4.69) is 24.1 Å². The topological polar surface area (TPSA) is 71.4 Å². The van der Waals surface area contributed by atoms with Crippen LogP contribution in [0.15, 0.2) is 47.6 Å². The lowest BCUT2D eigenvalue weighted by Crippen LogP contribution is -2.59. The summed E-state index contributed by atoms with van der Waals surface area (Å²) in [5, 5.41) is 7.15. The molecule has 0 bridgehead atoms. The van der Waals surface area contributed by atoms with Gasteiger partial charge >= 0.3 is 0 Å². The molecular formula is C23H27N3O4S. The van der Waals surface area contributed by atoms with E-state index in [9.17, 15) is 8.42 Å². The number of piperidine rings is 1. The van der Waals surface area contributed by atoms with Gasteiger partial charge in [0.05, 0.1) is 25.1 Å². The average molecular weight is 442 g/mol. The van der Waals surface area contributed by atoms with Gasteiger partial charge in [0.25, 0.3) is 0 Å². The maximum absolute atomic E-state index is 12.0. The molecule has 2 aromatic carbocycles. The fraction of sp³-hybridized carbons (Fsp3) is 0.435. The van der Waals surface area contributed by atoms with E-state index in [1.165, 1.54) is 16.1 Å². The fourth-order valence-electron chi connectivity index (χ4n) is 4.86. The zero-order chi connectivity index (χ0) is 21.8. The number of fused-ring (bicyclic) bond motifs is 4. The number of sulfonamides is 1. The molecule has 31 heavy (non-hydrogen) atoms. The van der Waals surface area contributed by atoms with Crippen molar-refractivity contribution in [2.45, 2.75) is 38.0 Å². The third kappa shape index (κ3) is 3.47. The van der Waals surface area contributed by atoms with Gasteiger partial charge in [0.2, 0.25) is 15.7 Å². The number of nitrogens with zero attached hydrogens (tertiary/aromatic N) is 3. The van der Waals surface area contributed by atoms with Gasteiger partial charge in [-0.3, -0.25) is 0 Å². The SMILES string of the molecule is COc1ccc(C2=NN3[C@@H](C2)c2cc(C)ccc2OC32CCN(S(C)(=O)=O)CC2)cc1. The zero-order valence-corrected chi connectivity index (χ0v) is 18.9. The monoisotopic (exact) mass is 441 g/mol. The number of ether oxygens (including phenoxy) is 2. The summed E-state index contributed by atoms with van der Waals surface area (Å²) in [5.74, 6) is 1.69. The molecule has 1 spiro atoms. The van der Waals surface area contributed by atoms with Crippen LogP contribution in [-0.4, -0.2) is 55.6 Å². The largest absolute Gasteiger partial charge is 0.497 e.